The van der Waals surface area contributed by atoms with Crippen LogP contribution in [0, 0.1) is 0 Å². The summed E-state index contributed by atoms with van der Waals surface area (Å²) in [6.45, 7) is 6.86. The third kappa shape index (κ3) is 3.12. The van der Waals surface area contributed by atoms with Crippen LogP contribution in [0.5, 0.6) is 0 Å². The summed E-state index contributed by atoms with van der Waals surface area (Å²) in [5.41, 5.74) is 0.710. The van der Waals surface area contributed by atoms with E-state index < -0.39 is 5.60 Å². The average Bonchev–Trinajstić information content (AvgIpc) is 2.80. The lowest BCUT2D eigenvalue weighted by molar-refractivity contribution is 0.0270. The Kier molecular flexibility index (Phi) is 3.41. The molecule has 1 N–H and O–H groups in total. The summed E-state index contributed by atoms with van der Waals surface area (Å²) in [6, 6.07) is 0. The number of aromatic amines is 1. The van der Waals surface area contributed by atoms with E-state index in [0.717, 1.165) is 17.8 Å². The van der Waals surface area contributed by atoms with Crippen LogP contribution >= 0.6 is 0 Å². The molecule has 0 atom stereocenters. The monoisotopic (exact) mass is 249 g/mol. The Morgan fingerprint density at radius 2 is 2.28 bits per heavy atom. The van der Waals surface area contributed by atoms with Gasteiger partial charge in [0.05, 0.1) is 0 Å². The number of hydrogen-bond acceptors (Lipinski definition) is 3. The lowest BCUT2D eigenvalue weighted by atomic mass is 10.1. The van der Waals surface area contributed by atoms with Crippen molar-refractivity contribution in [1.29, 1.82) is 0 Å². The van der Waals surface area contributed by atoms with Crippen molar-refractivity contribution in [3.8, 4) is 0 Å². The first-order valence-electron chi connectivity index (χ1n) is 6.12. The fraction of sp³-hybridized carbons (Fsp3) is 0.538. The third-order valence-electron chi connectivity index (χ3n) is 2.66. The van der Waals surface area contributed by atoms with Crippen LogP contribution in [0.2, 0.25) is 0 Å². The van der Waals surface area contributed by atoms with Crippen molar-refractivity contribution in [2.75, 3.05) is 13.1 Å². The number of carbonyl (C=O) groups excluding carboxylic acids is 1. The van der Waals surface area contributed by atoms with E-state index in [1.54, 1.807) is 17.3 Å². The van der Waals surface area contributed by atoms with Crippen molar-refractivity contribution < 1.29 is 9.53 Å². The summed E-state index contributed by atoms with van der Waals surface area (Å²) in [6.07, 6.45) is 6.10. The molecule has 98 valence electrons. The van der Waals surface area contributed by atoms with Gasteiger partial charge < -0.3 is 14.6 Å². The van der Waals surface area contributed by atoms with Gasteiger partial charge in [0.15, 0.2) is 0 Å². The molecule has 0 saturated heterocycles. The van der Waals surface area contributed by atoms with E-state index in [9.17, 15) is 4.79 Å². The normalized spacial score (nSPS) is 16.4. The maximum Gasteiger partial charge on any atom is 0.410 e. The molecule has 1 aliphatic heterocycles. The Bertz CT molecular complexity index is 443. The first-order valence-corrected chi connectivity index (χ1v) is 6.12. The Morgan fingerprint density at radius 3 is 2.78 bits per heavy atom. The summed E-state index contributed by atoms with van der Waals surface area (Å²) < 4.78 is 5.34. The Labute approximate surface area is 107 Å². The highest BCUT2D eigenvalue weighted by Gasteiger charge is 2.24. The molecule has 1 aromatic rings. The molecule has 0 saturated carbocycles. The largest absolute Gasteiger partial charge is 0.444 e. The van der Waals surface area contributed by atoms with E-state index in [0.29, 0.717) is 13.1 Å². The van der Waals surface area contributed by atoms with Crippen molar-refractivity contribution in [2.45, 2.75) is 32.8 Å². The molecular weight excluding hydrogens is 230 g/mol. The van der Waals surface area contributed by atoms with Crippen molar-refractivity contribution in [3.63, 3.8) is 0 Å². The standard InChI is InChI=1S/C13H19N3O2/c1-13(2,3)18-12(17)16-8-4-10(5-9-16)11-14-6-7-15-11/h4,6-7H,5,8-9H2,1-3H3,(H,14,15). The number of H-pyrrole nitrogens is 1. The van der Waals surface area contributed by atoms with Crippen LogP contribution in [0.4, 0.5) is 4.79 Å². The van der Waals surface area contributed by atoms with Crippen molar-refractivity contribution >= 4 is 11.7 Å². The van der Waals surface area contributed by atoms with Gasteiger partial charge in [-0.15, -0.1) is 0 Å². The number of hydrogen-bond donors (Lipinski definition) is 1. The van der Waals surface area contributed by atoms with Gasteiger partial charge in [0.2, 0.25) is 0 Å². The van der Waals surface area contributed by atoms with Crippen LogP contribution < -0.4 is 0 Å². The van der Waals surface area contributed by atoms with Crippen molar-refractivity contribution in [3.05, 3.63) is 24.3 Å². The number of nitrogens with one attached hydrogen (secondary N) is 1. The maximum absolute atomic E-state index is 11.9. The third-order valence-corrected chi connectivity index (χ3v) is 2.66. The molecule has 1 aliphatic rings. The summed E-state index contributed by atoms with van der Waals surface area (Å²) >= 11 is 0. The molecule has 1 aromatic heterocycles. The summed E-state index contributed by atoms with van der Waals surface area (Å²) in [7, 11) is 0. The van der Waals surface area contributed by atoms with E-state index in [1.807, 2.05) is 26.8 Å². The van der Waals surface area contributed by atoms with Gasteiger partial charge in [-0.2, -0.15) is 0 Å². The van der Waals surface area contributed by atoms with Crippen LogP contribution in [0.15, 0.2) is 18.5 Å². The molecule has 5 nitrogen and oxygen atoms in total. The Balaban J connectivity index is 1.96. The number of amides is 1. The van der Waals surface area contributed by atoms with Crippen LogP contribution in [0.3, 0.4) is 0 Å². The molecule has 1 amide bonds. The van der Waals surface area contributed by atoms with Gasteiger partial charge in [0.25, 0.3) is 0 Å². The highest BCUT2D eigenvalue weighted by molar-refractivity contribution is 5.71. The summed E-state index contributed by atoms with van der Waals surface area (Å²) in [5.74, 6) is 0.888. The number of carbonyl (C=O) groups is 1. The molecule has 0 spiro atoms. The molecule has 0 unspecified atom stereocenters. The molecule has 0 fully saturated rings. The predicted molar refractivity (Wildman–Crippen MR) is 69.0 cm³/mol. The SMILES string of the molecule is CC(C)(C)OC(=O)N1CC=C(c2ncc[nH]2)CC1. The molecular formula is C13H19N3O2. The smallest absolute Gasteiger partial charge is 0.410 e. The molecule has 0 radical (unpaired) electrons. The Morgan fingerprint density at radius 1 is 1.50 bits per heavy atom. The molecule has 5 heteroatoms. The van der Waals surface area contributed by atoms with E-state index in [2.05, 4.69) is 9.97 Å². The fourth-order valence-electron chi connectivity index (χ4n) is 1.82. The number of nitrogens with zero attached hydrogens (tertiary/aromatic N) is 2. The van der Waals surface area contributed by atoms with E-state index in [1.165, 1.54) is 0 Å². The second-order valence-electron chi connectivity index (χ2n) is 5.34. The summed E-state index contributed by atoms with van der Waals surface area (Å²) in [4.78, 5) is 20.8. The minimum atomic E-state index is -0.442. The van der Waals surface area contributed by atoms with Gasteiger partial charge in [-0.3, -0.25) is 0 Å². The molecule has 2 rings (SSSR count). The number of ether oxygens (including phenoxy) is 1. The predicted octanol–water partition coefficient (Wildman–Crippen LogP) is 2.43. The minimum Gasteiger partial charge on any atom is -0.444 e. The molecule has 2 heterocycles. The lowest BCUT2D eigenvalue weighted by Gasteiger charge is -2.29. The van der Waals surface area contributed by atoms with Crippen LogP contribution in [-0.4, -0.2) is 39.7 Å². The zero-order valence-electron chi connectivity index (χ0n) is 11.1. The molecule has 0 aromatic carbocycles. The van der Waals surface area contributed by atoms with Gasteiger partial charge in [-0.05, 0) is 32.8 Å². The second kappa shape index (κ2) is 4.84. The minimum absolute atomic E-state index is 0.253. The quantitative estimate of drug-likeness (QED) is 0.831. The Hall–Kier alpha value is -1.78. The molecule has 18 heavy (non-hydrogen) atoms. The fourth-order valence-corrected chi connectivity index (χ4v) is 1.82. The highest BCUT2D eigenvalue weighted by atomic mass is 16.6. The van der Waals surface area contributed by atoms with Gasteiger partial charge in [-0.1, -0.05) is 6.08 Å². The van der Waals surface area contributed by atoms with Gasteiger partial charge in [0.1, 0.15) is 11.4 Å². The number of imidazole rings is 1. The van der Waals surface area contributed by atoms with E-state index in [-0.39, 0.29) is 6.09 Å². The second-order valence-corrected chi connectivity index (χ2v) is 5.34. The first kappa shape index (κ1) is 12.7. The maximum atomic E-state index is 11.9. The number of rotatable bonds is 1. The van der Waals surface area contributed by atoms with Crippen LogP contribution in [0.1, 0.15) is 33.0 Å². The van der Waals surface area contributed by atoms with Crippen molar-refractivity contribution in [2.24, 2.45) is 0 Å². The average molecular weight is 249 g/mol. The number of aromatic nitrogens is 2. The van der Waals surface area contributed by atoms with Gasteiger partial charge in [-0.25, -0.2) is 9.78 Å². The van der Waals surface area contributed by atoms with Gasteiger partial charge in [0, 0.05) is 25.5 Å². The lowest BCUT2D eigenvalue weighted by Crippen LogP contribution is -2.39. The van der Waals surface area contributed by atoms with Gasteiger partial charge >= 0.3 is 6.09 Å². The van der Waals surface area contributed by atoms with Crippen LogP contribution in [0.25, 0.3) is 5.57 Å². The zero-order chi connectivity index (χ0) is 13.2. The zero-order valence-corrected chi connectivity index (χ0v) is 11.1. The topological polar surface area (TPSA) is 58.2 Å². The van der Waals surface area contributed by atoms with E-state index in [4.69, 9.17) is 4.74 Å². The molecule has 0 aliphatic carbocycles. The highest BCUT2D eigenvalue weighted by Crippen LogP contribution is 2.20. The first-order chi connectivity index (χ1) is 8.46. The molecule has 0 bridgehead atoms. The van der Waals surface area contributed by atoms with E-state index >= 15 is 0 Å². The van der Waals surface area contributed by atoms with Crippen molar-refractivity contribution in [1.82, 2.24) is 14.9 Å². The summed E-state index contributed by atoms with van der Waals surface area (Å²) in [5, 5.41) is 0. The van der Waals surface area contributed by atoms with Crippen LogP contribution in [-0.2, 0) is 4.74 Å².